The van der Waals surface area contributed by atoms with Crippen molar-refractivity contribution < 1.29 is 4.74 Å². The molecule has 0 amide bonds. The molecule has 1 aromatic carbocycles. The second kappa shape index (κ2) is 3.58. The molecular formula is C11H13NOS. The predicted octanol–water partition coefficient (Wildman–Crippen LogP) is 1.84. The molecule has 0 saturated heterocycles. The molecule has 14 heavy (non-hydrogen) atoms. The van der Waals surface area contributed by atoms with Crippen LogP contribution in [0.5, 0.6) is 5.75 Å². The minimum atomic E-state index is 0.296. The third kappa shape index (κ3) is 1.87. The molecule has 0 aromatic heterocycles. The molecule has 74 valence electrons. The molecule has 0 fully saturated rings. The Balaban J connectivity index is 2.24. The zero-order valence-electron chi connectivity index (χ0n) is 8.12. The third-order valence-corrected chi connectivity index (χ3v) is 2.48. The lowest BCUT2D eigenvalue weighted by molar-refractivity contribution is 0.254. The summed E-state index contributed by atoms with van der Waals surface area (Å²) in [5.74, 6) is 1.00. The predicted molar refractivity (Wildman–Crippen MR) is 60.7 cm³/mol. The van der Waals surface area contributed by atoms with Crippen molar-refractivity contribution in [1.82, 2.24) is 0 Å². The van der Waals surface area contributed by atoms with Gasteiger partial charge in [-0.05, 0) is 24.1 Å². The van der Waals surface area contributed by atoms with Gasteiger partial charge in [0.25, 0.3) is 0 Å². The molecule has 1 heterocycles. The topological polar surface area (TPSA) is 35.2 Å². The average Bonchev–Trinajstić information content (AvgIpc) is 2.42. The van der Waals surface area contributed by atoms with Crippen molar-refractivity contribution in [2.75, 3.05) is 0 Å². The van der Waals surface area contributed by atoms with Gasteiger partial charge in [0.15, 0.2) is 0 Å². The second-order valence-electron chi connectivity index (χ2n) is 3.72. The zero-order chi connectivity index (χ0) is 10.1. The lowest BCUT2D eigenvalue weighted by Crippen LogP contribution is -2.10. The van der Waals surface area contributed by atoms with Crippen molar-refractivity contribution in [2.45, 2.75) is 25.9 Å². The number of hydrogen-bond donors (Lipinski definition) is 1. The Bertz CT molecular complexity index is 376. The van der Waals surface area contributed by atoms with E-state index in [4.69, 9.17) is 22.7 Å². The van der Waals surface area contributed by atoms with Crippen LogP contribution in [0.4, 0.5) is 0 Å². The maximum absolute atomic E-state index is 5.60. The Morgan fingerprint density at radius 3 is 3.14 bits per heavy atom. The van der Waals surface area contributed by atoms with Crippen LogP contribution in [0.25, 0.3) is 0 Å². The first-order valence-corrected chi connectivity index (χ1v) is 5.13. The molecule has 2 N–H and O–H groups in total. The minimum absolute atomic E-state index is 0.296. The maximum atomic E-state index is 5.60. The van der Waals surface area contributed by atoms with Gasteiger partial charge in [0.05, 0.1) is 4.99 Å². The maximum Gasteiger partial charge on any atom is 0.123 e. The van der Waals surface area contributed by atoms with Crippen molar-refractivity contribution in [3.63, 3.8) is 0 Å². The Morgan fingerprint density at radius 1 is 1.64 bits per heavy atom. The molecule has 1 aliphatic heterocycles. The number of thiocarbonyl (C=S) groups is 1. The lowest BCUT2D eigenvalue weighted by atomic mass is 10.1. The first-order valence-electron chi connectivity index (χ1n) is 4.72. The van der Waals surface area contributed by atoms with E-state index in [1.165, 1.54) is 11.1 Å². The summed E-state index contributed by atoms with van der Waals surface area (Å²) >= 11 is 4.88. The number of fused-ring (bicyclic) bond motifs is 1. The van der Waals surface area contributed by atoms with Crippen LogP contribution in [0, 0.1) is 0 Å². The molecule has 2 rings (SSSR count). The van der Waals surface area contributed by atoms with Crippen LogP contribution in [0.3, 0.4) is 0 Å². The summed E-state index contributed by atoms with van der Waals surface area (Å²) in [4.78, 5) is 0.539. The first kappa shape index (κ1) is 9.46. The average molecular weight is 207 g/mol. The van der Waals surface area contributed by atoms with E-state index in [0.29, 0.717) is 17.5 Å². The highest BCUT2D eigenvalue weighted by atomic mass is 32.1. The number of benzene rings is 1. The minimum Gasteiger partial charge on any atom is -0.490 e. The molecule has 1 aliphatic rings. The van der Waals surface area contributed by atoms with Gasteiger partial charge in [-0.1, -0.05) is 24.4 Å². The highest BCUT2D eigenvalue weighted by Crippen LogP contribution is 2.29. The van der Waals surface area contributed by atoms with Crippen molar-refractivity contribution in [1.29, 1.82) is 0 Å². The standard InChI is InChI=1S/C11H13NOS/c1-7-4-9-5-8(6-11(12)14)2-3-10(9)13-7/h2-3,5,7H,4,6H2,1H3,(H2,12,14). The summed E-state index contributed by atoms with van der Waals surface area (Å²) in [5, 5.41) is 0. The molecule has 2 nitrogen and oxygen atoms in total. The van der Waals surface area contributed by atoms with E-state index < -0.39 is 0 Å². The Hall–Kier alpha value is -1.09. The van der Waals surface area contributed by atoms with Crippen molar-refractivity contribution in [3.05, 3.63) is 29.3 Å². The van der Waals surface area contributed by atoms with Gasteiger partial charge in [-0.15, -0.1) is 0 Å². The van der Waals surface area contributed by atoms with E-state index in [2.05, 4.69) is 13.0 Å². The summed E-state index contributed by atoms with van der Waals surface area (Å²) < 4.78 is 5.60. The van der Waals surface area contributed by atoms with Crippen molar-refractivity contribution in [3.8, 4) is 5.75 Å². The fraction of sp³-hybridized carbons (Fsp3) is 0.364. The van der Waals surface area contributed by atoms with Gasteiger partial charge in [-0.3, -0.25) is 0 Å². The second-order valence-corrected chi connectivity index (χ2v) is 4.24. The first-order chi connectivity index (χ1) is 6.65. The molecule has 3 heteroatoms. The number of ether oxygens (including phenoxy) is 1. The van der Waals surface area contributed by atoms with E-state index >= 15 is 0 Å². The van der Waals surface area contributed by atoms with Crippen LogP contribution in [0.15, 0.2) is 18.2 Å². The Labute approximate surface area is 89.1 Å². The fourth-order valence-electron chi connectivity index (χ4n) is 1.79. The van der Waals surface area contributed by atoms with Crippen LogP contribution in [-0.4, -0.2) is 11.1 Å². The summed E-state index contributed by atoms with van der Waals surface area (Å²) in [6.07, 6.45) is 1.96. The van der Waals surface area contributed by atoms with Gasteiger partial charge >= 0.3 is 0 Å². The van der Waals surface area contributed by atoms with E-state index in [0.717, 1.165) is 12.2 Å². The van der Waals surface area contributed by atoms with Gasteiger partial charge in [-0.25, -0.2) is 0 Å². The summed E-state index contributed by atoms with van der Waals surface area (Å²) in [5.41, 5.74) is 7.94. The highest BCUT2D eigenvalue weighted by molar-refractivity contribution is 7.80. The monoisotopic (exact) mass is 207 g/mol. The zero-order valence-corrected chi connectivity index (χ0v) is 8.93. The van der Waals surface area contributed by atoms with Gasteiger partial charge in [-0.2, -0.15) is 0 Å². The molecule has 0 aliphatic carbocycles. The number of nitrogens with two attached hydrogens (primary N) is 1. The molecule has 1 atom stereocenters. The molecule has 1 unspecified atom stereocenters. The van der Waals surface area contributed by atoms with E-state index in [1.54, 1.807) is 0 Å². The number of rotatable bonds is 2. The number of hydrogen-bond acceptors (Lipinski definition) is 2. The SMILES string of the molecule is CC1Cc2cc(CC(N)=S)ccc2O1. The van der Waals surface area contributed by atoms with Gasteiger partial charge < -0.3 is 10.5 Å². The molecule has 0 spiro atoms. The molecule has 0 radical (unpaired) electrons. The Kier molecular flexibility index (Phi) is 2.42. The van der Waals surface area contributed by atoms with E-state index in [-0.39, 0.29) is 0 Å². The summed E-state index contributed by atoms with van der Waals surface area (Å²) in [6, 6.07) is 6.17. The van der Waals surface area contributed by atoms with Crippen LogP contribution in [-0.2, 0) is 12.8 Å². The van der Waals surface area contributed by atoms with Crippen LogP contribution in [0.1, 0.15) is 18.1 Å². The largest absolute Gasteiger partial charge is 0.490 e. The Morgan fingerprint density at radius 2 is 2.43 bits per heavy atom. The molecular weight excluding hydrogens is 194 g/mol. The van der Waals surface area contributed by atoms with Crippen LogP contribution in [0.2, 0.25) is 0 Å². The van der Waals surface area contributed by atoms with Gasteiger partial charge in [0.2, 0.25) is 0 Å². The lowest BCUT2D eigenvalue weighted by Gasteiger charge is -2.03. The van der Waals surface area contributed by atoms with Gasteiger partial charge in [0, 0.05) is 12.8 Å². The molecule has 0 saturated carbocycles. The summed E-state index contributed by atoms with van der Waals surface area (Å²) in [7, 11) is 0. The van der Waals surface area contributed by atoms with Crippen LogP contribution < -0.4 is 10.5 Å². The van der Waals surface area contributed by atoms with Crippen LogP contribution >= 0.6 is 12.2 Å². The molecule has 1 aromatic rings. The third-order valence-electron chi connectivity index (χ3n) is 2.34. The fourth-order valence-corrected chi connectivity index (χ4v) is 1.95. The quantitative estimate of drug-likeness (QED) is 0.752. The van der Waals surface area contributed by atoms with Crippen molar-refractivity contribution in [2.24, 2.45) is 5.73 Å². The van der Waals surface area contributed by atoms with E-state index in [9.17, 15) is 0 Å². The molecule has 0 bridgehead atoms. The summed E-state index contributed by atoms with van der Waals surface area (Å²) in [6.45, 7) is 2.08. The van der Waals surface area contributed by atoms with Crippen molar-refractivity contribution >= 4 is 17.2 Å². The van der Waals surface area contributed by atoms with Gasteiger partial charge in [0.1, 0.15) is 11.9 Å². The smallest absolute Gasteiger partial charge is 0.123 e. The van der Waals surface area contributed by atoms with E-state index in [1.807, 2.05) is 12.1 Å². The highest BCUT2D eigenvalue weighted by Gasteiger charge is 2.18. The normalized spacial score (nSPS) is 18.8.